The third kappa shape index (κ3) is 6.34. The summed E-state index contributed by atoms with van der Waals surface area (Å²) in [5.41, 5.74) is 0.530. The van der Waals surface area contributed by atoms with Gasteiger partial charge in [-0.1, -0.05) is 35.3 Å². The Kier molecular flexibility index (Phi) is 8.52. The first kappa shape index (κ1) is 29.6. The number of sulfonamides is 1. The Balaban J connectivity index is 1.58. The Morgan fingerprint density at radius 3 is 2.05 bits per heavy atom. The van der Waals surface area contributed by atoms with Gasteiger partial charge in [-0.05, 0) is 55.3 Å². The number of likely N-dealkylation sites (N-methyl/N-ethyl adjacent to an activating group) is 1. The van der Waals surface area contributed by atoms with Gasteiger partial charge in [0.1, 0.15) is 5.82 Å². The van der Waals surface area contributed by atoms with Crippen LogP contribution < -0.4 is 0 Å². The van der Waals surface area contributed by atoms with E-state index in [0.717, 1.165) is 11.8 Å². The van der Waals surface area contributed by atoms with E-state index in [1.807, 2.05) is 0 Å². The Bertz CT molecular complexity index is 1330. The van der Waals surface area contributed by atoms with Gasteiger partial charge in [0, 0.05) is 62.3 Å². The predicted octanol–water partition coefficient (Wildman–Crippen LogP) is 4.03. The molecule has 2 atom stereocenters. The number of piperazine rings is 1. The van der Waals surface area contributed by atoms with Gasteiger partial charge in [0.05, 0.1) is 17.7 Å². The van der Waals surface area contributed by atoms with E-state index in [0.29, 0.717) is 22.2 Å². The lowest BCUT2D eigenvalue weighted by atomic mass is 9.82. The number of hydrogen-bond acceptors (Lipinski definition) is 4. The largest absolute Gasteiger partial charge is 0.340 e. The number of urea groups is 1. The van der Waals surface area contributed by atoms with Crippen molar-refractivity contribution in [1.29, 1.82) is 0 Å². The maximum Gasteiger partial charge on any atom is 0.320 e. The smallest absolute Gasteiger partial charge is 0.320 e. The molecule has 39 heavy (non-hydrogen) atoms. The molecule has 2 aromatic rings. The molecule has 4 rings (SSSR count). The van der Waals surface area contributed by atoms with Crippen LogP contribution in [0.4, 0.5) is 9.18 Å². The summed E-state index contributed by atoms with van der Waals surface area (Å²) in [5, 5.41) is 0.859. The second-order valence-corrected chi connectivity index (χ2v) is 13.6. The monoisotopic (exact) mass is 598 g/mol. The minimum atomic E-state index is -3.32. The van der Waals surface area contributed by atoms with Gasteiger partial charge >= 0.3 is 6.03 Å². The highest BCUT2D eigenvalue weighted by atomic mass is 35.5. The van der Waals surface area contributed by atoms with E-state index in [4.69, 9.17) is 23.2 Å². The van der Waals surface area contributed by atoms with Crippen molar-refractivity contribution in [3.63, 3.8) is 0 Å². The van der Waals surface area contributed by atoms with Gasteiger partial charge in [0.2, 0.25) is 15.9 Å². The van der Waals surface area contributed by atoms with Crippen molar-refractivity contribution in [3.8, 4) is 0 Å². The average Bonchev–Trinajstić information content (AvgIpc) is 3.32. The number of amides is 3. The first-order chi connectivity index (χ1) is 18.2. The van der Waals surface area contributed by atoms with E-state index in [9.17, 15) is 22.4 Å². The molecule has 0 bridgehead atoms. The molecular weight excluding hydrogens is 566 g/mol. The van der Waals surface area contributed by atoms with Crippen LogP contribution in [-0.2, 0) is 20.2 Å². The normalized spacial score (nSPS) is 20.8. The van der Waals surface area contributed by atoms with Gasteiger partial charge < -0.3 is 14.7 Å². The summed E-state index contributed by atoms with van der Waals surface area (Å²) in [6.07, 6.45) is 1.16. The van der Waals surface area contributed by atoms with Crippen LogP contribution in [0.15, 0.2) is 42.5 Å². The van der Waals surface area contributed by atoms with Crippen LogP contribution in [0.2, 0.25) is 10.0 Å². The fourth-order valence-corrected chi connectivity index (χ4v) is 6.77. The molecule has 0 saturated carbocycles. The second-order valence-electron chi connectivity index (χ2n) is 10.8. The molecule has 0 radical (unpaired) electrons. The zero-order valence-corrected chi connectivity index (χ0v) is 24.7. The van der Waals surface area contributed by atoms with Gasteiger partial charge in [-0.15, -0.1) is 0 Å². The van der Waals surface area contributed by atoms with Crippen LogP contribution >= 0.6 is 23.2 Å². The standard InChI is InChI=1S/C27H33Cl2FN4O4S/c1-27(2,19-13-20(28)15-21(29)14-19)25(35)31(3)24-17-33(16-23(24)18-5-7-22(30)8-6-18)26(36)32-9-11-34(12-10-32)39(4,37)38/h5-8,13-15,23-24H,9-12,16-17H2,1-4H3/t23-,24+/m0/s1. The average molecular weight is 600 g/mol. The van der Waals surface area contributed by atoms with Crippen LogP contribution in [0.5, 0.6) is 0 Å². The minimum Gasteiger partial charge on any atom is -0.340 e. The van der Waals surface area contributed by atoms with E-state index in [1.54, 1.807) is 65.9 Å². The molecule has 2 heterocycles. The van der Waals surface area contributed by atoms with E-state index in [-0.39, 0.29) is 62.4 Å². The fraction of sp³-hybridized carbons (Fsp3) is 0.481. The van der Waals surface area contributed by atoms with E-state index < -0.39 is 15.4 Å². The van der Waals surface area contributed by atoms with Gasteiger partial charge in [-0.3, -0.25) is 4.79 Å². The highest BCUT2D eigenvalue weighted by Gasteiger charge is 2.44. The van der Waals surface area contributed by atoms with E-state index in [1.165, 1.54) is 16.4 Å². The van der Waals surface area contributed by atoms with Gasteiger partial charge in [-0.25, -0.2) is 17.6 Å². The molecule has 8 nitrogen and oxygen atoms in total. The molecule has 0 N–H and O–H groups in total. The maximum atomic E-state index is 13.9. The Morgan fingerprint density at radius 1 is 0.949 bits per heavy atom. The summed E-state index contributed by atoms with van der Waals surface area (Å²) in [6.45, 7) is 5.26. The zero-order chi connectivity index (χ0) is 28.7. The Hall–Kier alpha value is -2.40. The summed E-state index contributed by atoms with van der Waals surface area (Å²) >= 11 is 12.4. The first-order valence-electron chi connectivity index (χ1n) is 12.7. The van der Waals surface area contributed by atoms with Crippen molar-refractivity contribution in [1.82, 2.24) is 19.0 Å². The SMILES string of the molecule is CN(C(=O)C(C)(C)c1cc(Cl)cc(Cl)c1)[C@@H]1CN(C(=O)N2CCN(S(C)(=O)=O)CC2)C[C@H]1c1ccc(F)cc1. The predicted molar refractivity (Wildman–Crippen MR) is 150 cm³/mol. The zero-order valence-electron chi connectivity index (χ0n) is 22.4. The molecule has 2 fully saturated rings. The fourth-order valence-electron chi connectivity index (χ4n) is 5.41. The number of benzene rings is 2. The van der Waals surface area contributed by atoms with Crippen molar-refractivity contribution >= 4 is 45.2 Å². The summed E-state index contributed by atoms with van der Waals surface area (Å²) < 4.78 is 38.8. The highest BCUT2D eigenvalue weighted by Crippen LogP contribution is 2.36. The van der Waals surface area contributed by atoms with Crippen LogP contribution in [0, 0.1) is 5.82 Å². The molecule has 212 valence electrons. The van der Waals surface area contributed by atoms with Crippen LogP contribution in [0.1, 0.15) is 30.9 Å². The third-order valence-corrected chi connectivity index (χ3v) is 9.51. The summed E-state index contributed by atoms with van der Waals surface area (Å²) in [4.78, 5) is 32.4. The molecule has 0 unspecified atom stereocenters. The summed E-state index contributed by atoms with van der Waals surface area (Å²) in [5.74, 6) is -0.790. The lowest BCUT2D eigenvalue weighted by molar-refractivity contribution is -0.137. The van der Waals surface area contributed by atoms with E-state index in [2.05, 4.69) is 0 Å². The van der Waals surface area contributed by atoms with Gasteiger partial charge in [-0.2, -0.15) is 4.31 Å². The number of nitrogens with zero attached hydrogens (tertiary/aromatic N) is 4. The van der Waals surface area contributed by atoms with Crippen molar-refractivity contribution in [2.24, 2.45) is 0 Å². The molecule has 2 aliphatic heterocycles. The van der Waals surface area contributed by atoms with E-state index >= 15 is 0 Å². The maximum absolute atomic E-state index is 13.9. The molecule has 2 aromatic carbocycles. The molecule has 12 heteroatoms. The van der Waals surface area contributed by atoms with Crippen LogP contribution in [-0.4, -0.2) is 98.0 Å². The topological polar surface area (TPSA) is 81.2 Å². The minimum absolute atomic E-state index is 0.172. The van der Waals surface area contributed by atoms with Crippen LogP contribution in [0.3, 0.4) is 0 Å². The second kappa shape index (κ2) is 11.2. The van der Waals surface area contributed by atoms with Crippen molar-refractivity contribution in [2.75, 3.05) is 52.6 Å². The molecular formula is C27H33Cl2FN4O4S. The van der Waals surface area contributed by atoms with Crippen molar-refractivity contribution in [2.45, 2.75) is 31.2 Å². The van der Waals surface area contributed by atoms with Gasteiger partial charge in [0.15, 0.2) is 0 Å². The van der Waals surface area contributed by atoms with Gasteiger partial charge in [0.25, 0.3) is 0 Å². The van der Waals surface area contributed by atoms with Crippen LogP contribution in [0.25, 0.3) is 0 Å². The summed E-state index contributed by atoms with van der Waals surface area (Å²) in [7, 11) is -1.61. The molecule has 3 amide bonds. The number of halogens is 3. The lowest BCUT2D eigenvalue weighted by Gasteiger charge is -2.36. The third-order valence-electron chi connectivity index (χ3n) is 7.77. The Morgan fingerprint density at radius 2 is 1.51 bits per heavy atom. The number of hydrogen-bond donors (Lipinski definition) is 0. The molecule has 2 saturated heterocycles. The molecule has 0 aliphatic carbocycles. The lowest BCUT2D eigenvalue weighted by Crippen LogP contribution is -2.54. The first-order valence-corrected chi connectivity index (χ1v) is 15.3. The number of carbonyl (C=O) groups is 2. The van der Waals surface area contributed by atoms with Crippen molar-refractivity contribution in [3.05, 3.63) is 69.5 Å². The number of carbonyl (C=O) groups excluding carboxylic acids is 2. The Labute approximate surface area is 239 Å². The van der Waals surface area contributed by atoms with Crippen molar-refractivity contribution < 1.29 is 22.4 Å². The number of likely N-dealkylation sites (tertiary alicyclic amines) is 1. The highest BCUT2D eigenvalue weighted by molar-refractivity contribution is 7.88. The molecule has 0 spiro atoms. The molecule has 0 aromatic heterocycles. The molecule has 2 aliphatic rings. The summed E-state index contributed by atoms with van der Waals surface area (Å²) in [6, 6.07) is 10.6. The quantitative estimate of drug-likeness (QED) is 0.520. The number of rotatable bonds is 5.